The van der Waals surface area contributed by atoms with Crippen molar-refractivity contribution in [3.8, 4) is 11.1 Å². The van der Waals surface area contributed by atoms with Crippen LogP contribution in [0, 0.1) is 6.92 Å². The zero-order valence-corrected chi connectivity index (χ0v) is 13.1. The van der Waals surface area contributed by atoms with Gasteiger partial charge in [-0.3, -0.25) is 9.78 Å². The fourth-order valence-electron chi connectivity index (χ4n) is 3.14. The van der Waals surface area contributed by atoms with E-state index in [-0.39, 0.29) is 18.0 Å². The van der Waals surface area contributed by atoms with Crippen molar-refractivity contribution in [2.45, 2.75) is 26.1 Å². The Labute approximate surface area is 134 Å². The summed E-state index contributed by atoms with van der Waals surface area (Å²) in [6.45, 7) is 3.83. The number of aromatic nitrogens is 1. The highest BCUT2D eigenvalue weighted by Crippen LogP contribution is 2.36. The van der Waals surface area contributed by atoms with Crippen LogP contribution in [0.25, 0.3) is 22.0 Å². The number of fused-ring (bicyclic) bond motifs is 1. The highest BCUT2D eigenvalue weighted by atomic mass is 16.6. The molecule has 23 heavy (non-hydrogen) atoms. The molecule has 1 aliphatic heterocycles. The molecule has 3 heteroatoms. The number of Topliss-reactive ketones (excluding diaryl/α,β-unsaturated/α-hetero) is 1. The van der Waals surface area contributed by atoms with Crippen LogP contribution >= 0.6 is 0 Å². The second kappa shape index (κ2) is 5.28. The summed E-state index contributed by atoms with van der Waals surface area (Å²) in [5.74, 6) is 0.0344. The molecule has 0 spiro atoms. The first-order chi connectivity index (χ1) is 11.2. The number of benzene rings is 2. The van der Waals surface area contributed by atoms with E-state index < -0.39 is 0 Å². The summed E-state index contributed by atoms with van der Waals surface area (Å²) in [6, 6.07) is 18.0. The molecule has 3 aromatic rings. The lowest BCUT2D eigenvalue weighted by Crippen LogP contribution is -2.14. The van der Waals surface area contributed by atoms with Crippen molar-refractivity contribution < 1.29 is 9.53 Å². The molecule has 0 aliphatic carbocycles. The second-order valence-corrected chi connectivity index (χ2v) is 5.96. The first-order valence-electron chi connectivity index (χ1n) is 7.81. The second-order valence-electron chi connectivity index (χ2n) is 5.96. The minimum atomic E-state index is -0.334. The number of pyridine rings is 1. The first-order valence-corrected chi connectivity index (χ1v) is 7.81. The van der Waals surface area contributed by atoms with E-state index in [2.05, 4.69) is 4.98 Å². The standard InChI is InChI=1S/C20H17NO2/c1-12-17(19(22)20-13(2)23-20)18(14-8-4-3-5-9-14)15-10-6-7-11-16(15)21-12/h3-11,13,20H,1-2H3/t13-,20+/m0/s1. The minimum Gasteiger partial charge on any atom is -0.361 e. The number of para-hydroxylation sites is 1. The topological polar surface area (TPSA) is 42.5 Å². The Morgan fingerprint density at radius 2 is 1.70 bits per heavy atom. The number of ketones is 1. The number of rotatable bonds is 3. The van der Waals surface area contributed by atoms with Gasteiger partial charge in [0.05, 0.1) is 17.2 Å². The van der Waals surface area contributed by atoms with Crippen LogP contribution in [-0.2, 0) is 4.74 Å². The van der Waals surface area contributed by atoms with Gasteiger partial charge in [-0.2, -0.15) is 0 Å². The van der Waals surface area contributed by atoms with Crippen molar-refractivity contribution in [3.63, 3.8) is 0 Å². The van der Waals surface area contributed by atoms with E-state index in [0.29, 0.717) is 5.56 Å². The molecular formula is C20H17NO2. The predicted octanol–water partition coefficient (Wildman–Crippen LogP) is 4.18. The molecule has 0 radical (unpaired) electrons. The highest BCUT2D eigenvalue weighted by molar-refractivity contribution is 6.13. The van der Waals surface area contributed by atoms with Gasteiger partial charge < -0.3 is 4.74 Å². The van der Waals surface area contributed by atoms with Gasteiger partial charge >= 0.3 is 0 Å². The molecule has 0 bridgehead atoms. The third-order valence-electron chi connectivity index (χ3n) is 4.35. The molecule has 1 aliphatic rings. The summed E-state index contributed by atoms with van der Waals surface area (Å²) < 4.78 is 5.41. The average molecular weight is 303 g/mol. The molecular weight excluding hydrogens is 286 g/mol. The van der Waals surface area contributed by atoms with Crippen LogP contribution in [0.5, 0.6) is 0 Å². The number of nitrogens with zero attached hydrogens (tertiary/aromatic N) is 1. The van der Waals surface area contributed by atoms with Crippen molar-refractivity contribution in [2.24, 2.45) is 0 Å². The molecule has 0 N–H and O–H groups in total. The van der Waals surface area contributed by atoms with Gasteiger partial charge in [-0.05, 0) is 25.5 Å². The van der Waals surface area contributed by atoms with E-state index in [1.807, 2.05) is 68.4 Å². The molecule has 2 heterocycles. The van der Waals surface area contributed by atoms with Crippen LogP contribution in [0.3, 0.4) is 0 Å². The Kier molecular flexibility index (Phi) is 3.24. The molecule has 1 aromatic heterocycles. The maximum atomic E-state index is 12.9. The Morgan fingerprint density at radius 3 is 2.39 bits per heavy atom. The summed E-state index contributed by atoms with van der Waals surface area (Å²) in [5.41, 5.74) is 4.34. The maximum Gasteiger partial charge on any atom is 0.196 e. The van der Waals surface area contributed by atoms with Gasteiger partial charge in [0.15, 0.2) is 5.78 Å². The van der Waals surface area contributed by atoms with E-state index >= 15 is 0 Å². The Morgan fingerprint density at radius 1 is 1.04 bits per heavy atom. The molecule has 1 saturated heterocycles. The molecule has 114 valence electrons. The number of carbonyl (C=O) groups is 1. The van der Waals surface area contributed by atoms with Crippen molar-refractivity contribution in [2.75, 3.05) is 0 Å². The lowest BCUT2D eigenvalue weighted by molar-refractivity contribution is 0.0953. The molecule has 4 rings (SSSR count). The van der Waals surface area contributed by atoms with E-state index in [4.69, 9.17) is 4.74 Å². The lowest BCUT2D eigenvalue weighted by Gasteiger charge is -2.14. The zero-order chi connectivity index (χ0) is 16.0. The smallest absolute Gasteiger partial charge is 0.196 e. The number of hydrogen-bond acceptors (Lipinski definition) is 3. The van der Waals surface area contributed by atoms with Crippen LogP contribution in [0.1, 0.15) is 23.0 Å². The van der Waals surface area contributed by atoms with Gasteiger partial charge in [0, 0.05) is 16.6 Å². The summed E-state index contributed by atoms with van der Waals surface area (Å²) in [7, 11) is 0. The average Bonchev–Trinajstić information content (AvgIpc) is 3.30. The number of epoxide rings is 1. The van der Waals surface area contributed by atoms with Crippen molar-refractivity contribution in [1.29, 1.82) is 0 Å². The zero-order valence-electron chi connectivity index (χ0n) is 13.1. The van der Waals surface area contributed by atoms with E-state index in [1.165, 1.54) is 0 Å². The van der Waals surface area contributed by atoms with Crippen LogP contribution < -0.4 is 0 Å². The van der Waals surface area contributed by atoms with E-state index in [1.54, 1.807) is 0 Å². The van der Waals surface area contributed by atoms with Crippen molar-refractivity contribution in [1.82, 2.24) is 4.98 Å². The van der Waals surface area contributed by atoms with E-state index in [0.717, 1.165) is 27.7 Å². The highest BCUT2D eigenvalue weighted by Gasteiger charge is 2.43. The third kappa shape index (κ3) is 2.34. The summed E-state index contributed by atoms with van der Waals surface area (Å²) in [4.78, 5) is 17.6. The number of hydrogen-bond donors (Lipinski definition) is 0. The predicted molar refractivity (Wildman–Crippen MR) is 90.6 cm³/mol. The SMILES string of the molecule is Cc1nc2ccccc2c(-c2ccccc2)c1C(=O)[C@@H]1O[C@H]1C. The molecule has 1 fully saturated rings. The lowest BCUT2D eigenvalue weighted by atomic mass is 9.91. The molecule has 2 aromatic carbocycles. The molecule has 3 nitrogen and oxygen atoms in total. The number of ether oxygens (including phenoxy) is 1. The molecule has 0 unspecified atom stereocenters. The van der Waals surface area contributed by atoms with Gasteiger partial charge in [0.1, 0.15) is 6.10 Å². The van der Waals surface area contributed by atoms with Gasteiger partial charge in [0.2, 0.25) is 0 Å². The van der Waals surface area contributed by atoms with Crippen LogP contribution in [0.15, 0.2) is 54.6 Å². The first kappa shape index (κ1) is 14.1. The van der Waals surface area contributed by atoms with Crippen LogP contribution in [-0.4, -0.2) is 23.0 Å². The fourth-order valence-corrected chi connectivity index (χ4v) is 3.14. The number of carbonyl (C=O) groups excluding carboxylic acids is 1. The molecule has 2 atom stereocenters. The van der Waals surface area contributed by atoms with Gasteiger partial charge in [-0.1, -0.05) is 48.5 Å². The maximum absolute atomic E-state index is 12.9. The van der Waals surface area contributed by atoms with Crippen molar-refractivity contribution >= 4 is 16.7 Å². The van der Waals surface area contributed by atoms with Gasteiger partial charge in [-0.15, -0.1) is 0 Å². The Bertz CT molecular complexity index is 902. The molecule has 0 amide bonds. The van der Waals surface area contributed by atoms with Crippen LogP contribution in [0.4, 0.5) is 0 Å². The van der Waals surface area contributed by atoms with Gasteiger partial charge in [-0.25, -0.2) is 0 Å². The minimum absolute atomic E-state index is 0.00278. The Balaban J connectivity index is 2.04. The van der Waals surface area contributed by atoms with E-state index in [9.17, 15) is 4.79 Å². The monoisotopic (exact) mass is 303 g/mol. The summed E-state index contributed by atoms with van der Waals surface area (Å²) in [5, 5.41) is 1.00. The number of aryl methyl sites for hydroxylation is 1. The summed E-state index contributed by atoms with van der Waals surface area (Å²) in [6.07, 6.45) is -0.337. The largest absolute Gasteiger partial charge is 0.361 e. The normalized spacial score (nSPS) is 19.7. The Hall–Kier alpha value is -2.52. The molecule has 0 saturated carbocycles. The quantitative estimate of drug-likeness (QED) is 0.538. The third-order valence-corrected chi connectivity index (χ3v) is 4.35. The fraction of sp³-hybridized carbons (Fsp3) is 0.200. The van der Waals surface area contributed by atoms with Crippen molar-refractivity contribution in [3.05, 3.63) is 65.9 Å². The van der Waals surface area contributed by atoms with Crippen LogP contribution in [0.2, 0.25) is 0 Å². The summed E-state index contributed by atoms with van der Waals surface area (Å²) >= 11 is 0. The van der Waals surface area contributed by atoms with Gasteiger partial charge in [0.25, 0.3) is 0 Å².